The Bertz CT molecular complexity index is 1000. The van der Waals surface area contributed by atoms with E-state index in [0.29, 0.717) is 17.2 Å². The summed E-state index contributed by atoms with van der Waals surface area (Å²) in [5.41, 5.74) is 0.463. The smallest absolute Gasteiger partial charge is 0.259 e. The minimum Gasteiger partial charge on any atom is -0.497 e. The third kappa shape index (κ3) is 3.95. The van der Waals surface area contributed by atoms with Gasteiger partial charge in [-0.25, -0.2) is 12.8 Å². The minimum atomic E-state index is -3.42. The number of hydrogen-bond donors (Lipinski definition) is 0. The van der Waals surface area contributed by atoms with Crippen LogP contribution in [0.4, 0.5) is 10.1 Å². The number of benzene rings is 2. The summed E-state index contributed by atoms with van der Waals surface area (Å²) in [6.07, 6.45) is 1.44. The van der Waals surface area contributed by atoms with Crippen molar-refractivity contribution in [3.63, 3.8) is 0 Å². The normalized spacial score (nSPS) is 17.5. The lowest BCUT2D eigenvalue weighted by Gasteiger charge is -2.29. The summed E-state index contributed by atoms with van der Waals surface area (Å²) in [5.74, 6) is -0.509. The van der Waals surface area contributed by atoms with Crippen molar-refractivity contribution in [3.8, 4) is 11.5 Å². The van der Waals surface area contributed by atoms with E-state index in [0.717, 1.165) is 11.5 Å². The number of nitrogens with zero attached hydrogens (tertiary/aromatic N) is 1. The number of rotatable bonds is 5. The van der Waals surface area contributed by atoms with Crippen LogP contribution >= 0.6 is 0 Å². The molecule has 0 aliphatic carbocycles. The highest BCUT2D eigenvalue weighted by atomic mass is 32.2. The molecule has 0 aromatic heterocycles. The van der Waals surface area contributed by atoms with Crippen LogP contribution in [0.5, 0.6) is 11.5 Å². The van der Waals surface area contributed by atoms with Crippen LogP contribution in [0.1, 0.15) is 10.4 Å². The van der Waals surface area contributed by atoms with E-state index in [1.807, 2.05) is 0 Å². The van der Waals surface area contributed by atoms with Gasteiger partial charge in [-0.05, 0) is 36.4 Å². The van der Waals surface area contributed by atoms with E-state index in [1.165, 1.54) is 43.4 Å². The molecule has 1 heterocycles. The molecule has 0 bridgehead atoms. The number of methoxy groups -OCH3 is 2. The monoisotopic (exact) mass is 391 g/mol. The van der Waals surface area contributed by atoms with Gasteiger partial charge >= 0.3 is 0 Å². The van der Waals surface area contributed by atoms with Gasteiger partial charge in [-0.1, -0.05) is 6.07 Å². The van der Waals surface area contributed by atoms with Gasteiger partial charge in [0.1, 0.15) is 17.3 Å². The van der Waals surface area contributed by atoms with Gasteiger partial charge in [-0.2, -0.15) is 0 Å². The maximum absolute atomic E-state index is 13.6. The highest BCUT2D eigenvalue weighted by Gasteiger charge is 2.33. The molecule has 1 amide bonds. The Hall–Kier alpha value is -2.87. The van der Waals surface area contributed by atoms with Crippen molar-refractivity contribution in [1.29, 1.82) is 0 Å². The van der Waals surface area contributed by atoms with Crippen molar-refractivity contribution < 1.29 is 27.1 Å². The molecule has 0 N–H and O–H groups in total. The molecule has 0 unspecified atom stereocenters. The molecule has 0 radical (unpaired) electrons. The molecule has 27 heavy (non-hydrogen) atoms. The van der Waals surface area contributed by atoms with Crippen LogP contribution in [0.3, 0.4) is 0 Å². The second-order valence-corrected chi connectivity index (χ2v) is 7.88. The van der Waals surface area contributed by atoms with Gasteiger partial charge in [-0.15, -0.1) is 0 Å². The number of amides is 1. The largest absolute Gasteiger partial charge is 0.497 e. The van der Waals surface area contributed by atoms with E-state index < -0.39 is 27.6 Å². The Morgan fingerprint density at radius 2 is 1.93 bits per heavy atom. The zero-order valence-corrected chi connectivity index (χ0v) is 15.6. The van der Waals surface area contributed by atoms with Crippen LogP contribution in [-0.4, -0.2) is 40.3 Å². The molecule has 1 atom stereocenters. The molecule has 0 spiro atoms. The topological polar surface area (TPSA) is 72.9 Å². The Morgan fingerprint density at radius 3 is 2.52 bits per heavy atom. The molecule has 2 aromatic rings. The van der Waals surface area contributed by atoms with Gasteiger partial charge in [0.05, 0.1) is 31.7 Å². The van der Waals surface area contributed by atoms with Gasteiger partial charge in [-0.3, -0.25) is 9.69 Å². The zero-order chi connectivity index (χ0) is 19.6. The Labute approximate surface area is 156 Å². The predicted molar refractivity (Wildman–Crippen MR) is 99.5 cm³/mol. The van der Waals surface area contributed by atoms with Crippen LogP contribution in [-0.2, 0) is 9.84 Å². The molecule has 0 saturated heterocycles. The van der Waals surface area contributed by atoms with E-state index in [-0.39, 0.29) is 11.3 Å². The Morgan fingerprint density at radius 1 is 1.15 bits per heavy atom. The van der Waals surface area contributed by atoms with E-state index in [2.05, 4.69) is 0 Å². The van der Waals surface area contributed by atoms with Gasteiger partial charge in [0.25, 0.3) is 5.91 Å². The van der Waals surface area contributed by atoms with Gasteiger partial charge in [0, 0.05) is 17.0 Å². The lowest BCUT2D eigenvalue weighted by Crippen LogP contribution is -2.41. The molecule has 1 aliphatic heterocycles. The predicted octanol–water partition coefficient (Wildman–Crippen LogP) is 2.80. The van der Waals surface area contributed by atoms with Crippen LogP contribution < -0.4 is 14.4 Å². The third-order valence-corrected chi connectivity index (χ3v) is 5.56. The highest BCUT2D eigenvalue weighted by Crippen LogP contribution is 2.35. The number of hydrogen-bond acceptors (Lipinski definition) is 5. The molecule has 3 rings (SSSR count). The molecular formula is C19H18FNO5S. The second-order valence-electron chi connectivity index (χ2n) is 5.95. The summed E-state index contributed by atoms with van der Waals surface area (Å²) in [7, 11) is -0.487. The summed E-state index contributed by atoms with van der Waals surface area (Å²) in [5, 5.41) is 1.08. The van der Waals surface area contributed by atoms with Crippen molar-refractivity contribution >= 4 is 21.4 Å². The fourth-order valence-corrected chi connectivity index (χ4v) is 4.17. The number of sulfone groups is 1. The molecule has 142 valence electrons. The van der Waals surface area contributed by atoms with Gasteiger partial charge in [0.2, 0.25) is 0 Å². The molecule has 0 fully saturated rings. The van der Waals surface area contributed by atoms with Crippen LogP contribution in [0, 0.1) is 5.82 Å². The van der Waals surface area contributed by atoms with Crippen LogP contribution in [0.25, 0.3) is 0 Å². The zero-order valence-electron chi connectivity index (χ0n) is 14.8. The number of ether oxygens (including phenoxy) is 2. The van der Waals surface area contributed by atoms with E-state index in [9.17, 15) is 17.6 Å². The first-order valence-corrected chi connectivity index (χ1v) is 9.78. The van der Waals surface area contributed by atoms with Gasteiger partial charge < -0.3 is 9.47 Å². The quantitative estimate of drug-likeness (QED) is 0.784. The first kappa shape index (κ1) is 18.9. The summed E-state index contributed by atoms with van der Waals surface area (Å²) in [6, 6.07) is 9.33. The molecule has 0 saturated carbocycles. The van der Waals surface area contributed by atoms with Gasteiger partial charge in [0.15, 0.2) is 9.84 Å². The first-order valence-electron chi connectivity index (χ1n) is 8.07. The molecule has 8 heteroatoms. The SMILES string of the molecule is COc1ccc(N(C(=O)c2cccc(F)c2)[C@H]2C=CS(=O)(=O)C2)c(OC)c1. The first-order chi connectivity index (χ1) is 12.8. The molecular weight excluding hydrogens is 373 g/mol. The number of anilines is 1. The average Bonchev–Trinajstić information content (AvgIpc) is 3.01. The number of carbonyl (C=O) groups is 1. The fraction of sp³-hybridized carbons (Fsp3) is 0.211. The van der Waals surface area contributed by atoms with Crippen molar-refractivity contribution in [2.45, 2.75) is 6.04 Å². The molecule has 1 aliphatic rings. The maximum atomic E-state index is 13.6. The number of halogens is 1. The average molecular weight is 391 g/mol. The maximum Gasteiger partial charge on any atom is 0.259 e. The lowest BCUT2D eigenvalue weighted by molar-refractivity contribution is 0.0982. The summed E-state index contributed by atoms with van der Waals surface area (Å²) >= 11 is 0. The van der Waals surface area contributed by atoms with Crippen molar-refractivity contribution in [2.24, 2.45) is 0 Å². The van der Waals surface area contributed by atoms with E-state index in [1.54, 1.807) is 18.2 Å². The second kappa shape index (κ2) is 7.40. The van der Waals surface area contributed by atoms with Crippen molar-refractivity contribution in [2.75, 3.05) is 24.9 Å². The van der Waals surface area contributed by atoms with Crippen molar-refractivity contribution in [3.05, 3.63) is 65.3 Å². The Balaban J connectivity index is 2.11. The third-order valence-electron chi connectivity index (χ3n) is 4.18. The summed E-state index contributed by atoms with van der Waals surface area (Å²) in [6.45, 7) is 0. The molecule has 2 aromatic carbocycles. The van der Waals surface area contributed by atoms with Crippen LogP contribution in [0.2, 0.25) is 0 Å². The van der Waals surface area contributed by atoms with E-state index >= 15 is 0 Å². The van der Waals surface area contributed by atoms with Crippen LogP contribution in [0.15, 0.2) is 53.9 Å². The van der Waals surface area contributed by atoms with E-state index in [4.69, 9.17) is 9.47 Å². The fourth-order valence-electron chi connectivity index (χ4n) is 2.90. The lowest BCUT2D eigenvalue weighted by atomic mass is 10.1. The Kier molecular flexibility index (Phi) is 5.18. The summed E-state index contributed by atoms with van der Waals surface area (Å²) in [4.78, 5) is 14.5. The number of carbonyl (C=O) groups excluding carboxylic acids is 1. The minimum absolute atomic E-state index is 0.102. The molecule has 6 nitrogen and oxygen atoms in total. The standard InChI is InChI=1S/C19H18FNO5S/c1-25-16-6-7-17(18(11-16)26-2)21(15-8-9-27(23,24)12-15)19(22)13-4-3-5-14(20)10-13/h3-11,15H,12H2,1-2H3/t15-/m0/s1. The van der Waals surface area contributed by atoms with Crippen molar-refractivity contribution in [1.82, 2.24) is 0 Å². The summed E-state index contributed by atoms with van der Waals surface area (Å²) < 4.78 is 48.0. The highest BCUT2D eigenvalue weighted by molar-refractivity contribution is 7.94.